The van der Waals surface area contributed by atoms with Gasteiger partial charge in [-0.15, -0.1) is 0 Å². The van der Waals surface area contributed by atoms with E-state index in [0.717, 1.165) is 12.0 Å². The molecule has 2 fully saturated rings. The fourth-order valence-corrected chi connectivity index (χ4v) is 3.45. The molecule has 0 spiro atoms. The molecule has 0 amide bonds. The van der Waals surface area contributed by atoms with E-state index in [1.165, 1.54) is 77.9 Å². The topological polar surface area (TPSA) is 18.5 Å². The first-order chi connectivity index (χ1) is 9.24. The average molecular weight is 267 g/mol. The lowest BCUT2D eigenvalue weighted by atomic mass is 10.2. The van der Waals surface area contributed by atoms with Crippen LogP contribution in [0.3, 0.4) is 0 Å². The van der Waals surface area contributed by atoms with Gasteiger partial charge in [0.05, 0.1) is 0 Å². The summed E-state index contributed by atoms with van der Waals surface area (Å²) in [5, 5.41) is 3.72. The molecule has 3 nitrogen and oxygen atoms in total. The van der Waals surface area contributed by atoms with E-state index < -0.39 is 0 Å². The van der Waals surface area contributed by atoms with E-state index in [1.54, 1.807) is 0 Å². The molecule has 3 heteroatoms. The summed E-state index contributed by atoms with van der Waals surface area (Å²) in [6.07, 6.45) is 7.02. The summed E-state index contributed by atoms with van der Waals surface area (Å²) >= 11 is 0. The Bertz CT molecular complexity index is 228. The van der Waals surface area contributed by atoms with Gasteiger partial charge in [0.2, 0.25) is 0 Å². The average Bonchev–Trinajstić information content (AvgIpc) is 2.89. The van der Waals surface area contributed by atoms with Crippen LogP contribution in [0, 0.1) is 5.92 Å². The number of nitrogens with one attached hydrogen (secondary N) is 1. The summed E-state index contributed by atoms with van der Waals surface area (Å²) in [5.74, 6) is 0.808. The SMILES string of the molecule is CC(C)CN1CCN(CCCNC2CCCC2)CC1. The molecule has 0 aromatic rings. The minimum atomic E-state index is 0.808. The van der Waals surface area contributed by atoms with Crippen molar-refractivity contribution in [3.8, 4) is 0 Å². The lowest BCUT2D eigenvalue weighted by Gasteiger charge is -2.35. The molecule has 112 valence electrons. The summed E-state index contributed by atoms with van der Waals surface area (Å²) in [7, 11) is 0. The van der Waals surface area contributed by atoms with E-state index in [0.29, 0.717) is 0 Å². The molecular weight excluding hydrogens is 234 g/mol. The largest absolute Gasteiger partial charge is 0.314 e. The van der Waals surface area contributed by atoms with Crippen molar-refractivity contribution in [1.82, 2.24) is 15.1 Å². The summed E-state index contributed by atoms with van der Waals surface area (Å²) < 4.78 is 0. The molecular formula is C16H33N3. The Hall–Kier alpha value is -0.120. The predicted octanol–water partition coefficient (Wildman–Crippen LogP) is 2.18. The van der Waals surface area contributed by atoms with Gasteiger partial charge in [0, 0.05) is 38.8 Å². The number of piperazine rings is 1. The molecule has 1 N–H and O–H groups in total. The highest BCUT2D eigenvalue weighted by Gasteiger charge is 2.17. The highest BCUT2D eigenvalue weighted by atomic mass is 15.3. The zero-order valence-corrected chi connectivity index (χ0v) is 13.0. The summed E-state index contributed by atoms with van der Waals surface area (Å²) in [6, 6.07) is 0.836. The van der Waals surface area contributed by atoms with Crippen LogP contribution >= 0.6 is 0 Å². The van der Waals surface area contributed by atoms with E-state index in [-0.39, 0.29) is 0 Å². The minimum Gasteiger partial charge on any atom is -0.314 e. The third-order valence-corrected chi connectivity index (χ3v) is 4.53. The van der Waals surface area contributed by atoms with Crippen molar-refractivity contribution in [2.45, 2.75) is 52.0 Å². The number of hydrogen-bond acceptors (Lipinski definition) is 3. The van der Waals surface area contributed by atoms with E-state index in [4.69, 9.17) is 0 Å². The molecule has 1 aliphatic carbocycles. The van der Waals surface area contributed by atoms with Crippen molar-refractivity contribution in [3.63, 3.8) is 0 Å². The third-order valence-electron chi connectivity index (χ3n) is 4.53. The molecule has 0 radical (unpaired) electrons. The first kappa shape index (κ1) is 15.3. The molecule has 2 rings (SSSR count). The molecule has 1 aliphatic heterocycles. The maximum absolute atomic E-state index is 3.72. The Balaban J connectivity index is 1.48. The van der Waals surface area contributed by atoms with Gasteiger partial charge in [-0.25, -0.2) is 0 Å². The second-order valence-electron chi connectivity index (χ2n) is 6.83. The van der Waals surface area contributed by atoms with Gasteiger partial charge in [-0.1, -0.05) is 26.7 Å². The van der Waals surface area contributed by atoms with E-state index >= 15 is 0 Å². The Morgan fingerprint density at radius 1 is 1.00 bits per heavy atom. The molecule has 1 heterocycles. The van der Waals surface area contributed by atoms with Crippen molar-refractivity contribution < 1.29 is 0 Å². The van der Waals surface area contributed by atoms with Gasteiger partial charge in [-0.2, -0.15) is 0 Å². The molecule has 0 aromatic carbocycles. The second kappa shape index (κ2) is 8.23. The predicted molar refractivity (Wildman–Crippen MR) is 82.6 cm³/mol. The van der Waals surface area contributed by atoms with Gasteiger partial charge >= 0.3 is 0 Å². The molecule has 19 heavy (non-hydrogen) atoms. The fourth-order valence-electron chi connectivity index (χ4n) is 3.45. The van der Waals surface area contributed by atoms with Crippen LogP contribution in [0.4, 0.5) is 0 Å². The fraction of sp³-hybridized carbons (Fsp3) is 1.00. The van der Waals surface area contributed by atoms with Crippen LogP contribution in [0.2, 0.25) is 0 Å². The van der Waals surface area contributed by atoms with E-state index in [9.17, 15) is 0 Å². The first-order valence-corrected chi connectivity index (χ1v) is 8.42. The van der Waals surface area contributed by atoms with Gasteiger partial charge in [-0.05, 0) is 38.3 Å². The van der Waals surface area contributed by atoms with Crippen molar-refractivity contribution in [1.29, 1.82) is 0 Å². The van der Waals surface area contributed by atoms with Gasteiger partial charge in [0.15, 0.2) is 0 Å². The molecule has 0 aromatic heterocycles. The minimum absolute atomic E-state index is 0.808. The van der Waals surface area contributed by atoms with Gasteiger partial charge < -0.3 is 15.1 Å². The normalized spacial score (nSPS) is 23.5. The number of rotatable bonds is 7. The zero-order chi connectivity index (χ0) is 13.5. The Labute approximate surface area is 119 Å². The Morgan fingerprint density at radius 2 is 1.63 bits per heavy atom. The molecule has 0 atom stereocenters. The maximum atomic E-state index is 3.72. The highest BCUT2D eigenvalue weighted by molar-refractivity contribution is 4.75. The van der Waals surface area contributed by atoms with Gasteiger partial charge in [0.25, 0.3) is 0 Å². The van der Waals surface area contributed by atoms with Gasteiger partial charge in [0.1, 0.15) is 0 Å². The van der Waals surface area contributed by atoms with Crippen LogP contribution < -0.4 is 5.32 Å². The van der Waals surface area contributed by atoms with Crippen LogP contribution in [0.25, 0.3) is 0 Å². The quantitative estimate of drug-likeness (QED) is 0.713. The lowest BCUT2D eigenvalue weighted by molar-refractivity contribution is 0.121. The molecule has 1 saturated heterocycles. The summed E-state index contributed by atoms with van der Waals surface area (Å²) in [5.41, 5.74) is 0. The summed E-state index contributed by atoms with van der Waals surface area (Å²) in [6.45, 7) is 13.5. The maximum Gasteiger partial charge on any atom is 0.0110 e. The van der Waals surface area contributed by atoms with Crippen molar-refractivity contribution in [2.75, 3.05) is 45.8 Å². The third kappa shape index (κ3) is 5.80. The molecule has 0 bridgehead atoms. The Kier molecular flexibility index (Phi) is 6.62. The second-order valence-corrected chi connectivity index (χ2v) is 6.83. The van der Waals surface area contributed by atoms with Crippen LogP contribution in [-0.4, -0.2) is 61.7 Å². The van der Waals surface area contributed by atoms with E-state index in [1.807, 2.05) is 0 Å². The molecule has 2 aliphatic rings. The van der Waals surface area contributed by atoms with Crippen LogP contribution in [0.5, 0.6) is 0 Å². The zero-order valence-electron chi connectivity index (χ0n) is 13.0. The van der Waals surface area contributed by atoms with Crippen LogP contribution in [0.1, 0.15) is 46.0 Å². The number of hydrogen-bond donors (Lipinski definition) is 1. The molecule has 1 saturated carbocycles. The first-order valence-electron chi connectivity index (χ1n) is 8.42. The lowest BCUT2D eigenvalue weighted by Crippen LogP contribution is -2.47. The smallest absolute Gasteiger partial charge is 0.0110 e. The van der Waals surface area contributed by atoms with E-state index in [2.05, 4.69) is 29.0 Å². The molecule has 0 unspecified atom stereocenters. The van der Waals surface area contributed by atoms with Gasteiger partial charge in [-0.3, -0.25) is 0 Å². The van der Waals surface area contributed by atoms with Crippen LogP contribution in [0.15, 0.2) is 0 Å². The Morgan fingerprint density at radius 3 is 2.26 bits per heavy atom. The standard InChI is InChI=1S/C16H33N3/c1-15(2)14-19-12-10-18(11-13-19)9-5-8-17-16-6-3-4-7-16/h15-17H,3-14H2,1-2H3. The summed E-state index contributed by atoms with van der Waals surface area (Å²) in [4.78, 5) is 5.27. The monoisotopic (exact) mass is 267 g/mol. The highest BCUT2D eigenvalue weighted by Crippen LogP contribution is 2.17. The number of nitrogens with zero attached hydrogens (tertiary/aromatic N) is 2. The van der Waals surface area contributed by atoms with Crippen molar-refractivity contribution in [3.05, 3.63) is 0 Å². The van der Waals surface area contributed by atoms with Crippen molar-refractivity contribution in [2.24, 2.45) is 5.92 Å². The van der Waals surface area contributed by atoms with Crippen LogP contribution in [-0.2, 0) is 0 Å². The van der Waals surface area contributed by atoms with Crippen molar-refractivity contribution >= 4 is 0 Å².